The van der Waals surface area contributed by atoms with Crippen molar-refractivity contribution in [2.24, 2.45) is 0 Å². The van der Waals surface area contributed by atoms with E-state index in [4.69, 9.17) is 4.52 Å². The van der Waals surface area contributed by atoms with Gasteiger partial charge in [-0.3, -0.25) is 9.48 Å². The van der Waals surface area contributed by atoms with Crippen LogP contribution < -0.4 is 4.90 Å². The molecule has 0 N–H and O–H groups in total. The summed E-state index contributed by atoms with van der Waals surface area (Å²) in [6.45, 7) is 5.31. The highest BCUT2D eigenvalue weighted by Crippen LogP contribution is 2.34. The summed E-state index contributed by atoms with van der Waals surface area (Å²) in [7, 11) is 0. The molecule has 1 unspecified atom stereocenters. The fraction of sp³-hybridized carbons (Fsp3) is 0.333. The van der Waals surface area contributed by atoms with Crippen LogP contribution in [0.15, 0.2) is 53.1 Å². The Morgan fingerprint density at radius 2 is 1.94 bits per heavy atom. The van der Waals surface area contributed by atoms with Crippen LogP contribution in [-0.2, 0) is 24.2 Å². The largest absolute Gasteiger partial charge is 0.339 e. The first-order valence-electron chi connectivity index (χ1n) is 11.9. The molecule has 4 aromatic rings. The summed E-state index contributed by atoms with van der Waals surface area (Å²) in [6.07, 6.45) is 3.82. The van der Waals surface area contributed by atoms with Gasteiger partial charge in [-0.2, -0.15) is 10.1 Å². The molecule has 0 bridgehead atoms. The van der Waals surface area contributed by atoms with Gasteiger partial charge in [-0.25, -0.2) is 0 Å². The van der Waals surface area contributed by atoms with E-state index in [0.29, 0.717) is 31.2 Å². The van der Waals surface area contributed by atoms with Gasteiger partial charge < -0.3 is 9.42 Å². The molecule has 2 aromatic carbocycles. The number of aryl methyl sites for hydroxylation is 4. The molecule has 7 heteroatoms. The lowest BCUT2D eigenvalue weighted by Crippen LogP contribution is -2.24. The van der Waals surface area contributed by atoms with Gasteiger partial charge in [-0.1, -0.05) is 29.4 Å². The summed E-state index contributed by atoms with van der Waals surface area (Å²) in [4.78, 5) is 19.3. The zero-order valence-corrected chi connectivity index (χ0v) is 19.5. The topological polar surface area (TPSA) is 77.0 Å². The quantitative estimate of drug-likeness (QED) is 0.441. The maximum absolute atomic E-state index is 12.8. The molecule has 1 amide bonds. The van der Waals surface area contributed by atoms with E-state index in [0.717, 1.165) is 41.0 Å². The number of hydrogen-bond donors (Lipinski definition) is 0. The molecule has 0 radical (unpaired) electrons. The molecule has 2 aromatic heterocycles. The van der Waals surface area contributed by atoms with Crippen molar-refractivity contribution < 1.29 is 9.32 Å². The lowest BCUT2D eigenvalue weighted by molar-refractivity contribution is -0.117. The number of hydrogen-bond acceptors (Lipinski definition) is 5. The molecule has 0 saturated carbocycles. The van der Waals surface area contributed by atoms with Crippen molar-refractivity contribution in [3.63, 3.8) is 0 Å². The summed E-state index contributed by atoms with van der Waals surface area (Å²) < 4.78 is 7.63. The third-order valence-electron chi connectivity index (χ3n) is 6.93. The van der Waals surface area contributed by atoms with Crippen LogP contribution >= 0.6 is 0 Å². The zero-order chi connectivity index (χ0) is 23.2. The fourth-order valence-corrected chi connectivity index (χ4v) is 5.18. The van der Waals surface area contributed by atoms with Gasteiger partial charge in [0.15, 0.2) is 0 Å². The van der Waals surface area contributed by atoms with Crippen LogP contribution in [0, 0.1) is 13.8 Å². The summed E-state index contributed by atoms with van der Waals surface area (Å²) in [5, 5.41) is 8.79. The Labute approximate surface area is 198 Å². The molecule has 7 nitrogen and oxygen atoms in total. The van der Waals surface area contributed by atoms with Crippen molar-refractivity contribution in [2.75, 3.05) is 11.4 Å². The van der Waals surface area contributed by atoms with Crippen LogP contribution in [0.5, 0.6) is 0 Å². The van der Waals surface area contributed by atoms with Gasteiger partial charge in [-0.05, 0) is 74.1 Å². The predicted molar refractivity (Wildman–Crippen MR) is 129 cm³/mol. The summed E-state index contributed by atoms with van der Waals surface area (Å²) in [5.74, 6) is 1.08. The van der Waals surface area contributed by atoms with Crippen molar-refractivity contribution in [1.82, 2.24) is 19.9 Å². The molecule has 172 valence electrons. The van der Waals surface area contributed by atoms with E-state index in [1.54, 1.807) is 0 Å². The van der Waals surface area contributed by atoms with Crippen molar-refractivity contribution in [3.8, 4) is 11.4 Å². The number of aromatic nitrogens is 4. The van der Waals surface area contributed by atoms with E-state index in [1.165, 1.54) is 17.5 Å². The molecule has 34 heavy (non-hydrogen) atoms. The molecular weight excluding hydrogens is 426 g/mol. The molecule has 3 heterocycles. The minimum atomic E-state index is -0.0973. The van der Waals surface area contributed by atoms with Gasteiger partial charge in [0.2, 0.25) is 17.6 Å². The maximum atomic E-state index is 12.8. The first-order chi connectivity index (χ1) is 16.5. The summed E-state index contributed by atoms with van der Waals surface area (Å²) in [5.41, 5.74) is 7.91. The van der Waals surface area contributed by atoms with Crippen molar-refractivity contribution in [3.05, 3.63) is 82.5 Å². The van der Waals surface area contributed by atoms with E-state index in [2.05, 4.69) is 58.6 Å². The zero-order valence-electron chi connectivity index (χ0n) is 19.5. The average molecular weight is 454 g/mol. The Morgan fingerprint density at radius 1 is 1.06 bits per heavy atom. The Balaban J connectivity index is 1.20. The van der Waals surface area contributed by atoms with Crippen LogP contribution in [0.2, 0.25) is 0 Å². The van der Waals surface area contributed by atoms with E-state index in [9.17, 15) is 4.79 Å². The SMILES string of the molecule is Cc1cc(C)n(Cc2cccc(-c3noc(C4CC(=O)N(c5ccc6c(c5)CCC6)C4)n3)c2)n1. The lowest BCUT2D eigenvalue weighted by atomic mass is 10.1. The lowest BCUT2D eigenvalue weighted by Gasteiger charge is -2.17. The Bertz CT molecular complexity index is 1390. The van der Waals surface area contributed by atoms with Crippen LogP contribution in [0.1, 0.15) is 52.7 Å². The normalized spacial score (nSPS) is 17.5. The third kappa shape index (κ3) is 3.81. The van der Waals surface area contributed by atoms with Crippen LogP contribution in [0.4, 0.5) is 5.69 Å². The molecule has 0 spiro atoms. The van der Waals surface area contributed by atoms with Gasteiger partial charge >= 0.3 is 0 Å². The second-order valence-electron chi connectivity index (χ2n) is 9.45. The number of anilines is 1. The molecule has 2 aliphatic rings. The van der Waals surface area contributed by atoms with Crippen molar-refractivity contribution in [2.45, 2.75) is 52.0 Å². The monoisotopic (exact) mass is 453 g/mol. The van der Waals surface area contributed by atoms with Crippen LogP contribution in [0.25, 0.3) is 11.4 Å². The number of rotatable bonds is 5. The third-order valence-corrected chi connectivity index (χ3v) is 6.93. The molecule has 1 fully saturated rings. The molecule has 1 aliphatic carbocycles. The number of carbonyl (C=O) groups is 1. The molecule has 1 saturated heterocycles. The Hall–Kier alpha value is -3.74. The second kappa shape index (κ2) is 8.24. The van der Waals surface area contributed by atoms with Crippen LogP contribution in [-0.4, -0.2) is 32.4 Å². The number of nitrogens with zero attached hydrogens (tertiary/aromatic N) is 5. The number of fused-ring (bicyclic) bond motifs is 1. The average Bonchev–Trinajstić information content (AvgIpc) is 3.61. The van der Waals surface area contributed by atoms with E-state index in [-0.39, 0.29) is 11.8 Å². The molecule has 6 rings (SSSR count). The van der Waals surface area contributed by atoms with Gasteiger partial charge in [0.05, 0.1) is 18.2 Å². The van der Waals surface area contributed by atoms with E-state index in [1.807, 2.05) is 28.6 Å². The van der Waals surface area contributed by atoms with Crippen molar-refractivity contribution in [1.29, 1.82) is 0 Å². The van der Waals surface area contributed by atoms with E-state index < -0.39 is 0 Å². The van der Waals surface area contributed by atoms with Crippen LogP contribution in [0.3, 0.4) is 0 Å². The Morgan fingerprint density at radius 3 is 2.79 bits per heavy atom. The first kappa shape index (κ1) is 20.8. The van der Waals surface area contributed by atoms with Gasteiger partial charge in [-0.15, -0.1) is 0 Å². The van der Waals surface area contributed by atoms with Gasteiger partial charge in [0.25, 0.3) is 0 Å². The predicted octanol–water partition coefficient (Wildman–Crippen LogP) is 4.61. The minimum Gasteiger partial charge on any atom is -0.339 e. The fourth-order valence-electron chi connectivity index (χ4n) is 5.18. The number of benzene rings is 2. The molecule has 1 atom stereocenters. The molecular formula is C27H27N5O2. The highest BCUT2D eigenvalue weighted by atomic mass is 16.5. The number of amides is 1. The standard InChI is InChI=1S/C27H27N5O2/c1-17-11-18(2)32(29-17)15-19-5-3-8-22(12-19)26-28-27(34-30-26)23-14-25(33)31(16-23)24-10-9-20-6-4-7-21(20)13-24/h3,5,8-13,23H,4,6-7,14-16H2,1-2H3. The maximum Gasteiger partial charge on any atom is 0.232 e. The highest BCUT2D eigenvalue weighted by molar-refractivity contribution is 5.96. The minimum absolute atomic E-state index is 0.0973. The summed E-state index contributed by atoms with van der Waals surface area (Å²) >= 11 is 0. The van der Waals surface area contributed by atoms with Gasteiger partial charge in [0, 0.05) is 29.9 Å². The second-order valence-corrected chi connectivity index (χ2v) is 9.45. The van der Waals surface area contributed by atoms with Gasteiger partial charge in [0.1, 0.15) is 0 Å². The van der Waals surface area contributed by atoms with E-state index >= 15 is 0 Å². The Kier molecular flexibility index (Phi) is 5.05. The summed E-state index contributed by atoms with van der Waals surface area (Å²) in [6, 6.07) is 16.6. The molecule has 1 aliphatic heterocycles. The van der Waals surface area contributed by atoms with Crippen molar-refractivity contribution >= 4 is 11.6 Å². The highest BCUT2D eigenvalue weighted by Gasteiger charge is 2.35. The first-order valence-corrected chi connectivity index (χ1v) is 11.9. The number of carbonyl (C=O) groups excluding carboxylic acids is 1. The smallest absolute Gasteiger partial charge is 0.232 e.